The monoisotopic (exact) mass is 584 g/mol. The molecule has 0 amide bonds. The maximum absolute atomic E-state index is 2.72. The Hall–Kier alpha value is -1.73. The molecule has 0 bridgehead atoms. The van der Waals surface area contributed by atoms with Crippen LogP contribution in [0.2, 0.25) is 88.6 Å². The van der Waals surface area contributed by atoms with Crippen LogP contribution in [0.15, 0.2) is 108 Å². The van der Waals surface area contributed by atoms with E-state index in [0.29, 0.717) is 0 Å². The molecule has 2 aromatic carbocycles. The molecule has 0 aromatic heterocycles. The average Bonchev–Trinajstić information content (AvgIpc) is 3.48. The lowest BCUT2D eigenvalue weighted by atomic mass is 9.57. The molecule has 0 nitrogen and oxygen atoms in total. The minimum absolute atomic E-state index is 0.0686. The van der Waals surface area contributed by atoms with Crippen molar-refractivity contribution in [3.8, 4) is 0 Å². The van der Waals surface area contributed by atoms with Crippen molar-refractivity contribution in [1.29, 1.82) is 0 Å². The molecule has 0 radical (unpaired) electrons. The Bertz CT molecular complexity index is 1210. The molecule has 4 heteroatoms. The lowest BCUT2D eigenvalue weighted by molar-refractivity contribution is 0.375. The highest BCUT2D eigenvalue weighted by molar-refractivity contribution is 6.92. The van der Waals surface area contributed by atoms with Gasteiger partial charge < -0.3 is 0 Å². The van der Waals surface area contributed by atoms with Crippen LogP contribution in [-0.2, 0) is 5.41 Å². The third-order valence-electron chi connectivity index (χ3n) is 9.65. The summed E-state index contributed by atoms with van der Waals surface area (Å²) in [7, 11) is -7.43. The minimum atomic E-state index is -1.97. The van der Waals surface area contributed by atoms with Crippen LogP contribution in [0.1, 0.15) is 11.1 Å². The van der Waals surface area contributed by atoms with Gasteiger partial charge in [-0.1, -0.05) is 186 Å². The Morgan fingerprint density at radius 2 is 0.769 bits per heavy atom. The molecule has 2 unspecified atom stereocenters. The van der Waals surface area contributed by atoms with Crippen molar-refractivity contribution in [3.05, 3.63) is 119 Å². The van der Waals surface area contributed by atoms with Crippen LogP contribution in [-0.4, -0.2) is 32.3 Å². The van der Waals surface area contributed by atoms with E-state index in [4.69, 9.17) is 0 Å². The van der Waals surface area contributed by atoms with Gasteiger partial charge in [-0.3, -0.25) is 0 Å². The molecule has 2 aliphatic carbocycles. The average molecular weight is 585 g/mol. The van der Waals surface area contributed by atoms with Crippen molar-refractivity contribution in [1.82, 2.24) is 0 Å². The Morgan fingerprint density at radius 1 is 0.462 bits per heavy atom. The molecule has 0 spiro atoms. The molecule has 39 heavy (non-hydrogen) atoms. The lowest BCUT2D eigenvalue weighted by Crippen LogP contribution is -2.67. The van der Waals surface area contributed by atoms with E-state index < -0.39 is 32.3 Å². The summed E-state index contributed by atoms with van der Waals surface area (Å²) >= 11 is 0. The molecule has 0 aliphatic heterocycles. The summed E-state index contributed by atoms with van der Waals surface area (Å²) in [5.74, 6) is 0. The fraction of sp³-hybridized carbons (Fsp3) is 0.429. The van der Waals surface area contributed by atoms with Gasteiger partial charge in [0.25, 0.3) is 0 Å². The van der Waals surface area contributed by atoms with E-state index in [1.54, 1.807) is 10.4 Å². The molecular formula is C35H52Si4. The molecule has 0 N–H and O–H groups in total. The zero-order valence-corrected chi connectivity index (χ0v) is 30.7. The second-order valence-electron chi connectivity index (χ2n) is 16.0. The Morgan fingerprint density at radius 3 is 1.03 bits per heavy atom. The van der Waals surface area contributed by atoms with Gasteiger partial charge in [-0.15, -0.1) is 0 Å². The van der Waals surface area contributed by atoms with E-state index in [0.717, 1.165) is 0 Å². The largest absolute Gasteiger partial charge is 0.0762 e. The van der Waals surface area contributed by atoms with Crippen LogP contribution >= 0.6 is 0 Å². The van der Waals surface area contributed by atoms with Gasteiger partial charge in [-0.25, -0.2) is 0 Å². The first kappa shape index (κ1) is 30.2. The van der Waals surface area contributed by atoms with E-state index in [-0.39, 0.29) is 15.5 Å². The highest BCUT2D eigenvalue weighted by Gasteiger charge is 2.73. The summed E-state index contributed by atoms with van der Waals surface area (Å²) < 4.78 is 0. The summed E-state index contributed by atoms with van der Waals surface area (Å²) in [6.07, 6.45) is 15.5. The van der Waals surface area contributed by atoms with Gasteiger partial charge >= 0.3 is 0 Å². The molecule has 208 valence electrons. The van der Waals surface area contributed by atoms with E-state index >= 15 is 0 Å². The maximum atomic E-state index is 2.72. The zero-order chi connectivity index (χ0) is 29.1. The topological polar surface area (TPSA) is 0 Å². The number of allylic oxidation sites excluding steroid dienone is 8. The molecule has 0 saturated carbocycles. The molecule has 0 fully saturated rings. The van der Waals surface area contributed by atoms with Crippen LogP contribution in [0.4, 0.5) is 0 Å². The fourth-order valence-corrected chi connectivity index (χ4v) is 23.5. The second-order valence-corrected chi connectivity index (χ2v) is 36.6. The number of hydrogen-bond acceptors (Lipinski definition) is 0. The van der Waals surface area contributed by atoms with E-state index in [2.05, 4.69) is 176 Å². The smallest absolute Gasteiger partial charge is 0.0732 e. The summed E-state index contributed by atoms with van der Waals surface area (Å²) in [5, 5.41) is 3.35. The highest BCUT2D eigenvalue weighted by Crippen LogP contribution is 2.79. The summed E-state index contributed by atoms with van der Waals surface area (Å²) in [4.78, 5) is 0. The molecule has 2 aromatic rings. The van der Waals surface area contributed by atoms with E-state index in [9.17, 15) is 0 Å². The van der Waals surface area contributed by atoms with Gasteiger partial charge in [0.1, 0.15) is 0 Å². The van der Waals surface area contributed by atoms with Crippen LogP contribution in [0, 0.1) is 0 Å². The Labute approximate surface area is 244 Å². The standard InChI is InChI=1S/C35H52Si4/c1-36(2,3)31-25-19-27-33(31,38(7,8)9)35(29-21-15-13-16-22-29,30-23-17-14-18-24-30)34(39(10,11)12)28-20-26-32(34)37(4,5)6/h13-28H,1-12H3. The van der Waals surface area contributed by atoms with Crippen molar-refractivity contribution in [2.45, 2.75) is 94.1 Å². The number of benzene rings is 2. The van der Waals surface area contributed by atoms with E-state index in [1.165, 1.54) is 11.1 Å². The van der Waals surface area contributed by atoms with Crippen molar-refractivity contribution in [2.75, 3.05) is 0 Å². The molecule has 2 aliphatic rings. The van der Waals surface area contributed by atoms with Gasteiger partial charge in [0.15, 0.2) is 0 Å². The molecule has 0 saturated heterocycles. The van der Waals surface area contributed by atoms with Crippen LogP contribution in [0.5, 0.6) is 0 Å². The molecule has 2 atom stereocenters. The van der Waals surface area contributed by atoms with Gasteiger partial charge in [0.05, 0.1) is 32.3 Å². The van der Waals surface area contributed by atoms with Gasteiger partial charge in [-0.2, -0.15) is 0 Å². The third-order valence-corrected chi connectivity index (χ3v) is 20.9. The minimum Gasteiger partial charge on any atom is -0.0762 e. The van der Waals surface area contributed by atoms with Crippen molar-refractivity contribution in [3.63, 3.8) is 0 Å². The first-order chi connectivity index (χ1) is 17.9. The van der Waals surface area contributed by atoms with Crippen molar-refractivity contribution in [2.24, 2.45) is 0 Å². The summed E-state index contributed by atoms with van der Waals surface area (Å²) in [6.45, 7) is 31.5. The van der Waals surface area contributed by atoms with Crippen molar-refractivity contribution < 1.29 is 0 Å². The second kappa shape index (κ2) is 9.68. The Kier molecular flexibility index (Phi) is 7.50. The molecule has 4 rings (SSSR count). The van der Waals surface area contributed by atoms with Crippen LogP contribution < -0.4 is 0 Å². The first-order valence-electron chi connectivity index (χ1n) is 14.8. The molecule has 0 heterocycles. The predicted octanol–water partition coefficient (Wildman–Crippen LogP) is 10.9. The number of hydrogen-bond donors (Lipinski definition) is 0. The first-order valence-corrected chi connectivity index (χ1v) is 28.8. The normalized spacial score (nSPS) is 24.2. The van der Waals surface area contributed by atoms with Crippen molar-refractivity contribution >= 4 is 32.3 Å². The third kappa shape index (κ3) is 4.24. The quantitative estimate of drug-likeness (QED) is 0.271. The highest BCUT2D eigenvalue weighted by atomic mass is 28.3. The van der Waals surface area contributed by atoms with Crippen LogP contribution in [0.3, 0.4) is 0 Å². The summed E-state index contributed by atoms with van der Waals surface area (Å²) in [6, 6.07) is 23.6. The maximum Gasteiger partial charge on any atom is 0.0732 e. The predicted molar refractivity (Wildman–Crippen MR) is 187 cm³/mol. The summed E-state index contributed by atoms with van der Waals surface area (Å²) in [5.41, 5.74) is 2.73. The van der Waals surface area contributed by atoms with Gasteiger partial charge in [-0.05, 0) is 11.1 Å². The van der Waals surface area contributed by atoms with Gasteiger partial charge in [0.2, 0.25) is 0 Å². The number of rotatable bonds is 8. The Balaban J connectivity index is 2.43. The lowest BCUT2D eigenvalue weighted by Gasteiger charge is -2.69. The SMILES string of the molecule is C[Si](C)(C)C1=CC=CC1(C(c1ccccc1)(c1ccccc1)C1([Si](C)(C)C)C=CC=C1[Si](C)(C)C)[Si](C)(C)C. The molecular weight excluding hydrogens is 533 g/mol. The van der Waals surface area contributed by atoms with Crippen LogP contribution in [0.25, 0.3) is 0 Å². The van der Waals surface area contributed by atoms with E-state index in [1.807, 2.05) is 0 Å². The fourth-order valence-electron chi connectivity index (χ4n) is 8.55. The van der Waals surface area contributed by atoms with Gasteiger partial charge in [0, 0.05) is 15.5 Å². The zero-order valence-electron chi connectivity index (χ0n) is 26.7.